The van der Waals surface area contributed by atoms with Gasteiger partial charge in [-0.2, -0.15) is 0 Å². The molecule has 0 radical (unpaired) electrons. The van der Waals surface area contributed by atoms with Crippen LogP contribution in [0.2, 0.25) is 0 Å². The maximum Gasteiger partial charge on any atom is 0.225 e. The zero-order valence-corrected chi connectivity index (χ0v) is 17.9. The van der Waals surface area contributed by atoms with E-state index in [9.17, 15) is 22.8 Å². The zero-order chi connectivity index (χ0) is 22.9. The van der Waals surface area contributed by atoms with E-state index in [-0.39, 0.29) is 45.3 Å². The number of methoxy groups -OCH3 is 1. The number of carbonyl (C=O) groups excluding carboxylic acids is 3. The molecule has 0 atom stereocenters. The van der Waals surface area contributed by atoms with Crippen molar-refractivity contribution >= 4 is 33.0 Å². The van der Waals surface area contributed by atoms with E-state index < -0.39 is 21.5 Å². The van der Waals surface area contributed by atoms with Crippen molar-refractivity contribution in [1.29, 1.82) is 0 Å². The van der Waals surface area contributed by atoms with Crippen LogP contribution in [0.15, 0.2) is 71.6 Å². The summed E-state index contributed by atoms with van der Waals surface area (Å²) < 4.78 is 30.1. The van der Waals surface area contributed by atoms with Gasteiger partial charge in [0.05, 0.1) is 29.0 Å². The van der Waals surface area contributed by atoms with Crippen molar-refractivity contribution in [2.45, 2.75) is 11.3 Å². The first-order valence-electron chi connectivity index (χ1n) is 9.80. The summed E-state index contributed by atoms with van der Waals surface area (Å²) in [6, 6.07) is 17.0. The molecule has 8 heteroatoms. The van der Waals surface area contributed by atoms with Crippen LogP contribution < -0.4 is 10.1 Å². The first kappa shape index (κ1) is 21.5. The number of sulfone groups is 1. The molecule has 1 aliphatic carbocycles. The Morgan fingerprint density at radius 2 is 1.47 bits per heavy atom. The molecule has 3 aromatic carbocycles. The fraction of sp³-hybridized carbons (Fsp3) is 0.125. The third kappa shape index (κ3) is 3.92. The molecule has 1 N–H and O–H groups in total. The van der Waals surface area contributed by atoms with Crippen LogP contribution in [0.25, 0.3) is 0 Å². The second kappa shape index (κ2) is 8.39. The summed E-state index contributed by atoms with van der Waals surface area (Å²) in [5, 5.41) is 2.60. The monoisotopic (exact) mass is 449 g/mol. The third-order valence-corrected chi connectivity index (χ3v) is 6.97. The van der Waals surface area contributed by atoms with Crippen molar-refractivity contribution in [3.63, 3.8) is 0 Å². The second-order valence-electron chi connectivity index (χ2n) is 7.22. The van der Waals surface area contributed by atoms with Crippen molar-refractivity contribution < 1.29 is 27.5 Å². The van der Waals surface area contributed by atoms with E-state index in [1.165, 1.54) is 43.5 Å². The fourth-order valence-electron chi connectivity index (χ4n) is 3.59. The van der Waals surface area contributed by atoms with Crippen molar-refractivity contribution in [3.8, 4) is 5.75 Å². The van der Waals surface area contributed by atoms with Crippen LogP contribution in [0.5, 0.6) is 5.75 Å². The zero-order valence-electron chi connectivity index (χ0n) is 17.1. The molecule has 4 rings (SSSR count). The molecule has 32 heavy (non-hydrogen) atoms. The van der Waals surface area contributed by atoms with Crippen LogP contribution in [0.3, 0.4) is 0 Å². The van der Waals surface area contributed by atoms with Gasteiger partial charge < -0.3 is 10.1 Å². The lowest BCUT2D eigenvalue weighted by atomic mass is 9.83. The Hall–Kier alpha value is -3.78. The lowest BCUT2D eigenvalue weighted by Crippen LogP contribution is -2.24. The van der Waals surface area contributed by atoms with Gasteiger partial charge in [-0.05, 0) is 30.3 Å². The number of benzene rings is 3. The number of hydrogen-bond acceptors (Lipinski definition) is 6. The van der Waals surface area contributed by atoms with Crippen molar-refractivity contribution in [1.82, 2.24) is 0 Å². The predicted molar refractivity (Wildman–Crippen MR) is 118 cm³/mol. The molecule has 7 nitrogen and oxygen atoms in total. The molecule has 0 saturated heterocycles. The van der Waals surface area contributed by atoms with Gasteiger partial charge >= 0.3 is 0 Å². The maximum absolute atomic E-state index is 13.0. The number of ether oxygens (including phenoxy) is 1. The van der Waals surface area contributed by atoms with Crippen LogP contribution >= 0.6 is 0 Å². The standard InChI is InChI=1S/C24H19NO6S/c1-31-15-9-11-16(12-10-15)32(29,30)14-13-21(26)25-20-8-4-7-19-22(20)24(28)18-6-3-2-5-17(18)23(19)27/h2-12H,13-14H2,1H3,(H,25,26). The van der Waals surface area contributed by atoms with Crippen molar-refractivity contribution in [2.24, 2.45) is 0 Å². The molecule has 0 saturated carbocycles. The lowest BCUT2D eigenvalue weighted by Gasteiger charge is -2.20. The van der Waals surface area contributed by atoms with E-state index in [1.54, 1.807) is 30.3 Å². The molecule has 1 amide bonds. The van der Waals surface area contributed by atoms with Gasteiger partial charge in [-0.3, -0.25) is 14.4 Å². The van der Waals surface area contributed by atoms with Gasteiger partial charge in [-0.25, -0.2) is 8.42 Å². The van der Waals surface area contributed by atoms with Gasteiger partial charge in [0, 0.05) is 23.1 Å². The van der Waals surface area contributed by atoms with Crippen LogP contribution in [0.4, 0.5) is 5.69 Å². The van der Waals surface area contributed by atoms with Crippen molar-refractivity contribution in [3.05, 3.63) is 89.0 Å². The highest BCUT2D eigenvalue weighted by Crippen LogP contribution is 2.32. The van der Waals surface area contributed by atoms with E-state index in [4.69, 9.17) is 4.74 Å². The minimum atomic E-state index is -3.69. The smallest absolute Gasteiger partial charge is 0.225 e. The minimum Gasteiger partial charge on any atom is -0.497 e. The molecule has 0 bridgehead atoms. The highest BCUT2D eigenvalue weighted by Gasteiger charge is 2.31. The van der Waals surface area contributed by atoms with Crippen LogP contribution in [0.1, 0.15) is 38.3 Å². The van der Waals surface area contributed by atoms with Crippen LogP contribution in [-0.2, 0) is 14.6 Å². The molecular weight excluding hydrogens is 430 g/mol. The number of rotatable bonds is 6. The van der Waals surface area contributed by atoms with Gasteiger partial charge in [0.2, 0.25) is 5.91 Å². The Balaban J connectivity index is 1.52. The number of hydrogen-bond donors (Lipinski definition) is 1. The molecule has 0 unspecified atom stereocenters. The average molecular weight is 449 g/mol. The van der Waals surface area contributed by atoms with Gasteiger partial charge in [0.25, 0.3) is 0 Å². The summed E-state index contributed by atoms with van der Waals surface area (Å²) in [6.45, 7) is 0. The maximum atomic E-state index is 13.0. The summed E-state index contributed by atoms with van der Waals surface area (Å²) in [7, 11) is -2.21. The van der Waals surface area contributed by atoms with Crippen LogP contribution in [0, 0.1) is 0 Å². The molecule has 0 spiro atoms. The topological polar surface area (TPSA) is 107 Å². The molecule has 0 aliphatic heterocycles. The summed E-state index contributed by atoms with van der Waals surface area (Å²) in [4.78, 5) is 38.4. The Morgan fingerprint density at radius 3 is 2.12 bits per heavy atom. The minimum absolute atomic E-state index is 0.0839. The van der Waals surface area contributed by atoms with Crippen LogP contribution in [-0.4, -0.2) is 38.8 Å². The summed E-state index contributed by atoms with van der Waals surface area (Å²) >= 11 is 0. The average Bonchev–Trinajstić information content (AvgIpc) is 2.81. The fourth-order valence-corrected chi connectivity index (χ4v) is 4.83. The Labute approximate surface area is 185 Å². The highest BCUT2D eigenvalue weighted by molar-refractivity contribution is 7.91. The first-order valence-corrected chi connectivity index (χ1v) is 11.4. The predicted octanol–water partition coefficient (Wildman–Crippen LogP) is 3.27. The second-order valence-corrected chi connectivity index (χ2v) is 9.33. The van der Waals surface area contributed by atoms with E-state index in [0.717, 1.165) is 0 Å². The van der Waals surface area contributed by atoms with E-state index in [1.807, 2.05) is 0 Å². The Kier molecular flexibility index (Phi) is 5.63. The Morgan fingerprint density at radius 1 is 0.844 bits per heavy atom. The molecule has 3 aromatic rings. The quantitative estimate of drug-likeness (QED) is 0.484. The number of amides is 1. The van der Waals surface area contributed by atoms with Gasteiger partial charge in [0.15, 0.2) is 21.4 Å². The highest BCUT2D eigenvalue weighted by atomic mass is 32.2. The number of nitrogens with one attached hydrogen (secondary N) is 1. The van der Waals surface area contributed by atoms with Crippen molar-refractivity contribution in [2.75, 3.05) is 18.2 Å². The number of carbonyl (C=O) groups is 3. The summed E-state index contributed by atoms with van der Waals surface area (Å²) in [6.07, 6.45) is -0.309. The van der Waals surface area contributed by atoms with E-state index in [2.05, 4.69) is 5.32 Å². The van der Waals surface area contributed by atoms with E-state index >= 15 is 0 Å². The van der Waals surface area contributed by atoms with E-state index in [0.29, 0.717) is 11.3 Å². The lowest BCUT2D eigenvalue weighted by molar-refractivity contribution is -0.115. The van der Waals surface area contributed by atoms with Gasteiger partial charge in [0.1, 0.15) is 5.75 Å². The van der Waals surface area contributed by atoms with Gasteiger partial charge in [-0.15, -0.1) is 0 Å². The molecule has 162 valence electrons. The molecule has 0 fully saturated rings. The summed E-state index contributed by atoms with van der Waals surface area (Å²) in [5.74, 6) is -1.12. The summed E-state index contributed by atoms with van der Waals surface area (Å²) in [5.41, 5.74) is 1.09. The number of anilines is 1. The molecule has 0 aromatic heterocycles. The molecule has 1 aliphatic rings. The number of ketones is 2. The normalized spacial score (nSPS) is 12.7. The molecule has 0 heterocycles. The Bertz CT molecular complexity index is 1340. The SMILES string of the molecule is COc1ccc(S(=O)(=O)CCC(=O)Nc2cccc3c2C(=O)c2ccccc2C3=O)cc1. The third-order valence-electron chi connectivity index (χ3n) is 5.24. The largest absolute Gasteiger partial charge is 0.497 e. The molecular formula is C24H19NO6S. The van der Waals surface area contributed by atoms with Gasteiger partial charge in [-0.1, -0.05) is 36.4 Å². The first-order chi connectivity index (χ1) is 15.3. The number of fused-ring (bicyclic) bond motifs is 2.